The van der Waals surface area contributed by atoms with E-state index in [1.165, 1.54) is 56.9 Å². The number of hydrogen-bond acceptors (Lipinski definition) is 2. The van der Waals surface area contributed by atoms with Crippen LogP contribution in [0.15, 0.2) is 12.4 Å². The van der Waals surface area contributed by atoms with Gasteiger partial charge in [0.05, 0.1) is 12.2 Å². The molecule has 1 N–H and O–H groups in total. The Hall–Kier alpha value is -0.830. The molecule has 1 aromatic rings. The van der Waals surface area contributed by atoms with Gasteiger partial charge >= 0.3 is 0 Å². The molecule has 2 rings (SSSR count). The van der Waals surface area contributed by atoms with E-state index in [-0.39, 0.29) is 0 Å². The normalized spacial score (nSPS) is 16.5. The van der Waals surface area contributed by atoms with E-state index >= 15 is 0 Å². The lowest BCUT2D eigenvalue weighted by molar-refractivity contribution is 0.466. The molecule has 0 unspecified atom stereocenters. The lowest BCUT2D eigenvalue weighted by Crippen LogP contribution is -2.14. The average Bonchev–Trinajstić information content (AvgIpc) is 3.03. The van der Waals surface area contributed by atoms with Crippen molar-refractivity contribution in [3.8, 4) is 0 Å². The van der Waals surface area contributed by atoms with E-state index < -0.39 is 0 Å². The average molecular weight is 249 g/mol. The molecule has 0 radical (unpaired) electrons. The molecule has 1 saturated carbocycles. The van der Waals surface area contributed by atoms with Crippen LogP contribution < -0.4 is 5.32 Å². The van der Waals surface area contributed by atoms with Gasteiger partial charge in [0, 0.05) is 18.3 Å². The van der Waals surface area contributed by atoms with E-state index in [9.17, 15) is 0 Å². The molecule has 0 amide bonds. The summed E-state index contributed by atoms with van der Waals surface area (Å²) in [4.78, 5) is 0. The smallest absolute Gasteiger partial charge is 0.0534 e. The minimum Gasteiger partial charge on any atom is -0.313 e. The molecule has 1 aromatic heterocycles. The number of aromatic nitrogens is 2. The molecule has 0 saturated heterocycles. The molecule has 1 fully saturated rings. The highest BCUT2D eigenvalue weighted by Gasteiger charge is 2.17. The molecular weight excluding hydrogens is 222 g/mol. The van der Waals surface area contributed by atoms with Gasteiger partial charge in [0.25, 0.3) is 0 Å². The third kappa shape index (κ3) is 4.13. The quantitative estimate of drug-likeness (QED) is 0.712. The van der Waals surface area contributed by atoms with Crippen LogP contribution in [0.2, 0.25) is 0 Å². The van der Waals surface area contributed by atoms with Crippen molar-refractivity contribution in [2.45, 2.75) is 70.9 Å². The molecule has 0 atom stereocenters. The van der Waals surface area contributed by atoms with Crippen molar-refractivity contribution in [3.63, 3.8) is 0 Å². The third-order valence-electron chi connectivity index (χ3n) is 3.89. The van der Waals surface area contributed by atoms with Crippen LogP contribution >= 0.6 is 0 Å². The van der Waals surface area contributed by atoms with Crippen molar-refractivity contribution < 1.29 is 0 Å². The standard InChI is InChI=1S/C15H27N3/c1-2-3-4-7-10-16-11-14-12-17-18(13-14)15-8-5-6-9-15/h12-13,15-16H,2-11H2,1H3. The van der Waals surface area contributed by atoms with Gasteiger partial charge in [-0.05, 0) is 25.8 Å². The third-order valence-corrected chi connectivity index (χ3v) is 3.89. The summed E-state index contributed by atoms with van der Waals surface area (Å²) in [6.45, 7) is 4.36. The first-order chi connectivity index (χ1) is 8.90. The maximum atomic E-state index is 4.50. The van der Waals surface area contributed by atoms with Gasteiger partial charge in [-0.1, -0.05) is 39.0 Å². The van der Waals surface area contributed by atoms with Gasteiger partial charge in [-0.15, -0.1) is 0 Å². The number of nitrogens with one attached hydrogen (secondary N) is 1. The van der Waals surface area contributed by atoms with E-state index in [1.807, 2.05) is 6.20 Å². The predicted octanol–water partition coefficient (Wildman–Crippen LogP) is 3.67. The van der Waals surface area contributed by atoms with Crippen molar-refractivity contribution in [1.82, 2.24) is 15.1 Å². The molecule has 1 aliphatic rings. The Kier molecular flexibility index (Phi) is 5.72. The lowest BCUT2D eigenvalue weighted by atomic mass is 10.2. The van der Waals surface area contributed by atoms with Crippen molar-refractivity contribution in [1.29, 1.82) is 0 Å². The van der Waals surface area contributed by atoms with Crippen molar-refractivity contribution in [3.05, 3.63) is 18.0 Å². The fourth-order valence-electron chi connectivity index (χ4n) is 2.75. The molecule has 0 aliphatic heterocycles. The molecule has 0 aromatic carbocycles. The predicted molar refractivity (Wildman–Crippen MR) is 75.6 cm³/mol. The zero-order valence-corrected chi connectivity index (χ0v) is 11.7. The fourth-order valence-corrected chi connectivity index (χ4v) is 2.75. The number of unbranched alkanes of at least 4 members (excludes halogenated alkanes) is 3. The molecule has 3 nitrogen and oxygen atoms in total. The topological polar surface area (TPSA) is 29.9 Å². The molecule has 0 bridgehead atoms. The van der Waals surface area contributed by atoms with Crippen LogP contribution in [0.25, 0.3) is 0 Å². The van der Waals surface area contributed by atoms with E-state index in [2.05, 4.69) is 28.2 Å². The number of rotatable bonds is 8. The summed E-state index contributed by atoms with van der Waals surface area (Å²) in [7, 11) is 0. The van der Waals surface area contributed by atoms with Gasteiger partial charge in [-0.25, -0.2) is 0 Å². The van der Waals surface area contributed by atoms with Gasteiger partial charge in [0.2, 0.25) is 0 Å². The fraction of sp³-hybridized carbons (Fsp3) is 0.800. The first-order valence-electron chi connectivity index (χ1n) is 7.64. The Morgan fingerprint density at radius 3 is 2.89 bits per heavy atom. The van der Waals surface area contributed by atoms with Gasteiger partial charge in [-0.3, -0.25) is 4.68 Å². The number of nitrogens with zero attached hydrogens (tertiary/aromatic N) is 2. The van der Waals surface area contributed by atoms with Crippen LogP contribution in [0.1, 0.15) is 69.9 Å². The number of hydrogen-bond donors (Lipinski definition) is 1. The molecule has 18 heavy (non-hydrogen) atoms. The maximum absolute atomic E-state index is 4.50. The highest BCUT2D eigenvalue weighted by molar-refractivity contribution is 5.04. The highest BCUT2D eigenvalue weighted by Crippen LogP contribution is 2.28. The SMILES string of the molecule is CCCCCCNCc1cnn(C2CCCC2)c1. The molecule has 1 aliphatic carbocycles. The van der Waals surface area contributed by atoms with E-state index in [4.69, 9.17) is 0 Å². The van der Waals surface area contributed by atoms with Crippen LogP contribution in [-0.2, 0) is 6.54 Å². The maximum Gasteiger partial charge on any atom is 0.0534 e. The largest absolute Gasteiger partial charge is 0.313 e. The molecule has 1 heterocycles. The first kappa shape index (κ1) is 13.6. The molecule has 102 valence electrons. The van der Waals surface area contributed by atoms with Crippen molar-refractivity contribution in [2.24, 2.45) is 0 Å². The van der Waals surface area contributed by atoms with Crippen LogP contribution in [0, 0.1) is 0 Å². The summed E-state index contributed by atoms with van der Waals surface area (Å²) in [5.41, 5.74) is 1.33. The van der Waals surface area contributed by atoms with Crippen LogP contribution in [0.5, 0.6) is 0 Å². The van der Waals surface area contributed by atoms with Crippen LogP contribution in [0.3, 0.4) is 0 Å². The van der Waals surface area contributed by atoms with Gasteiger partial charge in [0.15, 0.2) is 0 Å². The minimum absolute atomic E-state index is 0.670. The Bertz CT molecular complexity index is 326. The van der Waals surface area contributed by atoms with Crippen molar-refractivity contribution >= 4 is 0 Å². The van der Waals surface area contributed by atoms with Crippen molar-refractivity contribution in [2.75, 3.05) is 6.54 Å². The lowest BCUT2D eigenvalue weighted by Gasteiger charge is -2.08. The minimum atomic E-state index is 0.670. The monoisotopic (exact) mass is 249 g/mol. The molecular formula is C15H27N3. The molecule has 3 heteroatoms. The van der Waals surface area contributed by atoms with E-state index in [1.54, 1.807) is 0 Å². The first-order valence-corrected chi connectivity index (χ1v) is 7.64. The summed E-state index contributed by atoms with van der Waals surface area (Å²) < 4.78 is 2.18. The highest BCUT2D eigenvalue weighted by atomic mass is 15.3. The van der Waals surface area contributed by atoms with E-state index in [0.717, 1.165) is 13.1 Å². The second-order valence-electron chi connectivity index (χ2n) is 5.50. The molecule has 0 spiro atoms. The Morgan fingerprint density at radius 1 is 1.28 bits per heavy atom. The second kappa shape index (κ2) is 7.57. The Balaban J connectivity index is 1.64. The van der Waals surface area contributed by atoms with E-state index in [0.29, 0.717) is 6.04 Å². The summed E-state index contributed by atoms with van der Waals surface area (Å²) in [5, 5.41) is 8.01. The summed E-state index contributed by atoms with van der Waals surface area (Å²) in [5.74, 6) is 0. The summed E-state index contributed by atoms with van der Waals surface area (Å²) in [6.07, 6.45) is 14.9. The zero-order chi connectivity index (χ0) is 12.6. The Morgan fingerprint density at radius 2 is 2.11 bits per heavy atom. The summed E-state index contributed by atoms with van der Waals surface area (Å²) >= 11 is 0. The van der Waals surface area contributed by atoms with Gasteiger partial charge in [0.1, 0.15) is 0 Å². The Labute approximate surface area is 111 Å². The van der Waals surface area contributed by atoms with Crippen LogP contribution in [-0.4, -0.2) is 16.3 Å². The summed E-state index contributed by atoms with van der Waals surface area (Å²) in [6, 6.07) is 0.670. The zero-order valence-electron chi connectivity index (χ0n) is 11.7. The second-order valence-corrected chi connectivity index (χ2v) is 5.50. The van der Waals surface area contributed by atoms with Crippen LogP contribution in [0.4, 0.5) is 0 Å². The van der Waals surface area contributed by atoms with Gasteiger partial charge < -0.3 is 5.32 Å². The van der Waals surface area contributed by atoms with Gasteiger partial charge in [-0.2, -0.15) is 5.10 Å².